The van der Waals surface area contributed by atoms with Gasteiger partial charge in [-0.3, -0.25) is 0 Å². The molecule has 0 saturated carbocycles. The van der Waals surface area contributed by atoms with Gasteiger partial charge in [0.05, 0.1) is 6.61 Å². The van der Waals surface area contributed by atoms with Gasteiger partial charge in [-0.15, -0.1) is 0 Å². The predicted octanol–water partition coefficient (Wildman–Crippen LogP) is -0.783. The third-order valence-corrected chi connectivity index (χ3v) is 1.93. The van der Waals surface area contributed by atoms with E-state index < -0.39 is 10.9 Å². The van der Waals surface area contributed by atoms with Crippen LogP contribution in [0.3, 0.4) is 0 Å². The Labute approximate surface area is 62.5 Å². The standard InChI is InChI=1S/C5H13NO3S/c1-2-3-6(4-5-7)10(8)9/h7,10H,2-5H2,1H3. The van der Waals surface area contributed by atoms with Gasteiger partial charge in [-0.05, 0) is 6.42 Å². The van der Waals surface area contributed by atoms with E-state index in [4.69, 9.17) is 5.11 Å². The molecule has 0 heterocycles. The SMILES string of the molecule is CCCN(CCO)[SH](=O)=O. The second-order valence-electron chi connectivity index (χ2n) is 1.92. The molecule has 10 heavy (non-hydrogen) atoms. The lowest BCUT2D eigenvalue weighted by molar-refractivity contribution is 0.256. The van der Waals surface area contributed by atoms with Gasteiger partial charge in [0.1, 0.15) is 0 Å². The van der Waals surface area contributed by atoms with Crippen LogP contribution in [0.4, 0.5) is 0 Å². The summed E-state index contributed by atoms with van der Waals surface area (Å²) in [6.07, 6.45) is 0.781. The van der Waals surface area contributed by atoms with Gasteiger partial charge < -0.3 is 5.11 Å². The Hall–Kier alpha value is -0.130. The molecule has 4 nitrogen and oxygen atoms in total. The smallest absolute Gasteiger partial charge is 0.204 e. The molecule has 0 unspecified atom stereocenters. The van der Waals surface area contributed by atoms with Gasteiger partial charge in [0, 0.05) is 13.1 Å². The first-order valence-corrected chi connectivity index (χ1v) is 4.35. The fourth-order valence-corrected chi connectivity index (χ4v) is 1.26. The van der Waals surface area contributed by atoms with Gasteiger partial charge in [0.15, 0.2) is 0 Å². The van der Waals surface area contributed by atoms with Crippen LogP contribution in [-0.2, 0) is 10.9 Å². The number of aliphatic hydroxyl groups is 1. The predicted molar refractivity (Wildman–Crippen MR) is 39.3 cm³/mol. The molecule has 0 spiro atoms. The van der Waals surface area contributed by atoms with Gasteiger partial charge in [0.2, 0.25) is 10.9 Å². The van der Waals surface area contributed by atoms with Crippen LogP contribution in [0.5, 0.6) is 0 Å². The number of thiol groups is 1. The van der Waals surface area contributed by atoms with Crippen LogP contribution in [-0.4, -0.2) is 37.5 Å². The van der Waals surface area contributed by atoms with E-state index in [1.54, 1.807) is 0 Å². The molecule has 0 aromatic heterocycles. The fraction of sp³-hybridized carbons (Fsp3) is 1.00. The molecule has 0 bridgehead atoms. The summed E-state index contributed by atoms with van der Waals surface area (Å²) in [7, 11) is -2.50. The number of hydrogen-bond acceptors (Lipinski definition) is 3. The highest BCUT2D eigenvalue weighted by Gasteiger charge is 2.02. The number of aliphatic hydroxyl groups excluding tert-OH is 1. The Morgan fingerprint density at radius 2 is 2.00 bits per heavy atom. The minimum atomic E-state index is -2.50. The summed E-state index contributed by atoms with van der Waals surface area (Å²) in [5.41, 5.74) is 0. The summed E-state index contributed by atoms with van der Waals surface area (Å²) in [6.45, 7) is 2.50. The lowest BCUT2D eigenvalue weighted by Crippen LogP contribution is -2.25. The summed E-state index contributed by atoms with van der Waals surface area (Å²) < 4.78 is 21.9. The maximum Gasteiger partial charge on any atom is 0.204 e. The van der Waals surface area contributed by atoms with Crippen molar-refractivity contribution in [3.63, 3.8) is 0 Å². The number of nitrogens with zero attached hydrogens (tertiary/aromatic N) is 1. The van der Waals surface area contributed by atoms with Crippen molar-refractivity contribution in [3.05, 3.63) is 0 Å². The minimum Gasteiger partial charge on any atom is -0.395 e. The highest BCUT2D eigenvalue weighted by molar-refractivity contribution is 7.69. The maximum atomic E-state index is 10.3. The van der Waals surface area contributed by atoms with Crippen LogP contribution in [0.2, 0.25) is 0 Å². The Morgan fingerprint density at radius 1 is 1.40 bits per heavy atom. The van der Waals surface area contributed by atoms with E-state index in [-0.39, 0.29) is 13.2 Å². The van der Waals surface area contributed by atoms with Gasteiger partial charge in [-0.1, -0.05) is 6.92 Å². The molecule has 0 aromatic carbocycles. The Balaban J connectivity index is 3.73. The molecule has 0 aliphatic rings. The van der Waals surface area contributed by atoms with Gasteiger partial charge >= 0.3 is 0 Å². The zero-order valence-electron chi connectivity index (χ0n) is 5.99. The molecule has 0 saturated heterocycles. The third kappa shape index (κ3) is 3.81. The molecule has 0 amide bonds. The molecular formula is C5H13NO3S. The molecular weight excluding hydrogens is 154 g/mol. The molecule has 0 aliphatic carbocycles. The molecule has 62 valence electrons. The van der Waals surface area contributed by atoms with Crippen LogP contribution < -0.4 is 0 Å². The van der Waals surface area contributed by atoms with Crippen molar-refractivity contribution in [2.45, 2.75) is 13.3 Å². The van der Waals surface area contributed by atoms with Crippen LogP contribution in [0.25, 0.3) is 0 Å². The molecule has 0 aromatic rings. The van der Waals surface area contributed by atoms with Crippen LogP contribution in [0.15, 0.2) is 0 Å². The average molecular weight is 167 g/mol. The van der Waals surface area contributed by atoms with E-state index in [2.05, 4.69) is 0 Å². The van der Waals surface area contributed by atoms with Crippen LogP contribution in [0.1, 0.15) is 13.3 Å². The summed E-state index contributed by atoms with van der Waals surface area (Å²) >= 11 is 0. The van der Waals surface area contributed by atoms with E-state index in [1.807, 2.05) is 6.92 Å². The van der Waals surface area contributed by atoms with E-state index in [0.717, 1.165) is 6.42 Å². The minimum absolute atomic E-state index is 0.108. The normalized spacial score (nSPS) is 11.2. The molecule has 1 N–H and O–H groups in total. The first-order valence-electron chi connectivity index (χ1n) is 3.22. The monoisotopic (exact) mass is 167 g/mol. The zero-order valence-corrected chi connectivity index (χ0v) is 6.88. The molecule has 0 fully saturated rings. The van der Waals surface area contributed by atoms with Crippen molar-refractivity contribution in [2.24, 2.45) is 0 Å². The Kier molecular flexibility index (Phi) is 5.57. The maximum absolute atomic E-state index is 10.3. The number of rotatable bonds is 5. The van der Waals surface area contributed by atoms with Crippen molar-refractivity contribution in [2.75, 3.05) is 19.7 Å². The van der Waals surface area contributed by atoms with Crippen molar-refractivity contribution >= 4 is 10.9 Å². The second kappa shape index (κ2) is 5.64. The summed E-state index contributed by atoms with van der Waals surface area (Å²) in [4.78, 5) is 0. The van der Waals surface area contributed by atoms with Crippen molar-refractivity contribution in [3.8, 4) is 0 Å². The highest BCUT2D eigenvalue weighted by atomic mass is 32.2. The third-order valence-electron chi connectivity index (χ3n) is 1.07. The van der Waals surface area contributed by atoms with E-state index in [0.29, 0.717) is 6.54 Å². The van der Waals surface area contributed by atoms with E-state index in [1.165, 1.54) is 4.31 Å². The van der Waals surface area contributed by atoms with E-state index >= 15 is 0 Å². The van der Waals surface area contributed by atoms with Crippen LogP contribution in [0, 0.1) is 0 Å². The first-order chi connectivity index (χ1) is 4.72. The molecule has 0 rings (SSSR count). The fourth-order valence-electron chi connectivity index (χ4n) is 0.649. The Bertz CT molecular complexity index is 132. The number of hydrogen-bond donors (Lipinski definition) is 2. The van der Waals surface area contributed by atoms with Crippen molar-refractivity contribution < 1.29 is 13.5 Å². The first kappa shape index (κ1) is 9.87. The molecule has 0 atom stereocenters. The molecule has 0 radical (unpaired) electrons. The van der Waals surface area contributed by atoms with Crippen LogP contribution >= 0.6 is 0 Å². The van der Waals surface area contributed by atoms with Crippen molar-refractivity contribution in [1.82, 2.24) is 4.31 Å². The lowest BCUT2D eigenvalue weighted by atomic mass is 10.5. The lowest BCUT2D eigenvalue weighted by Gasteiger charge is -2.10. The van der Waals surface area contributed by atoms with Gasteiger partial charge in [-0.25, -0.2) is 12.7 Å². The summed E-state index contributed by atoms with van der Waals surface area (Å²) in [5.74, 6) is 0. The second-order valence-corrected chi connectivity index (χ2v) is 2.96. The zero-order chi connectivity index (χ0) is 7.98. The summed E-state index contributed by atoms with van der Waals surface area (Å²) in [6, 6.07) is 0. The molecule has 0 aliphatic heterocycles. The molecule has 5 heteroatoms. The average Bonchev–Trinajstić information content (AvgIpc) is 1.87. The Morgan fingerprint density at radius 3 is 2.30 bits per heavy atom. The summed E-state index contributed by atoms with van der Waals surface area (Å²) in [5, 5.41) is 8.40. The van der Waals surface area contributed by atoms with Gasteiger partial charge in [-0.2, -0.15) is 0 Å². The topological polar surface area (TPSA) is 57.6 Å². The quantitative estimate of drug-likeness (QED) is 0.528. The van der Waals surface area contributed by atoms with E-state index in [9.17, 15) is 8.42 Å². The highest BCUT2D eigenvalue weighted by Crippen LogP contribution is 1.89. The largest absolute Gasteiger partial charge is 0.395 e. The van der Waals surface area contributed by atoms with Gasteiger partial charge in [0.25, 0.3) is 0 Å². The van der Waals surface area contributed by atoms with Crippen molar-refractivity contribution in [1.29, 1.82) is 0 Å².